The molecule has 0 aliphatic heterocycles. The van der Waals surface area contributed by atoms with E-state index in [1.54, 1.807) is 29.2 Å². The molecule has 2 amide bonds. The molecule has 34 heavy (non-hydrogen) atoms. The molecule has 5 nitrogen and oxygen atoms in total. The molecule has 3 aromatic carbocycles. The summed E-state index contributed by atoms with van der Waals surface area (Å²) in [5, 5.41) is 3.40. The topological polar surface area (TPSA) is 58.6 Å². The van der Waals surface area contributed by atoms with Gasteiger partial charge in [-0.05, 0) is 49.2 Å². The lowest BCUT2D eigenvalue weighted by atomic mass is 10.0. The highest BCUT2D eigenvalue weighted by molar-refractivity contribution is 9.10. The number of halogens is 2. The molecule has 0 fully saturated rings. The fraction of sp³-hybridized carbons (Fsp3) is 0.259. The van der Waals surface area contributed by atoms with Crippen molar-refractivity contribution in [3.8, 4) is 5.75 Å². The van der Waals surface area contributed by atoms with Crippen LogP contribution in [0.15, 0.2) is 83.3 Å². The number of hydrogen-bond donors (Lipinski definition) is 1. The van der Waals surface area contributed by atoms with Crippen molar-refractivity contribution < 1.29 is 14.3 Å². The number of carbonyl (C=O) groups is 2. The van der Waals surface area contributed by atoms with Crippen molar-refractivity contribution in [3.05, 3.63) is 99.5 Å². The van der Waals surface area contributed by atoms with Crippen molar-refractivity contribution in [2.24, 2.45) is 0 Å². The number of hydrogen-bond acceptors (Lipinski definition) is 3. The number of ether oxygens (including phenoxy) is 1. The molecular formula is C27H28BrClN2O3. The van der Waals surface area contributed by atoms with E-state index >= 15 is 0 Å². The van der Waals surface area contributed by atoms with Crippen molar-refractivity contribution >= 4 is 39.3 Å². The lowest BCUT2D eigenvalue weighted by Crippen LogP contribution is -2.52. The molecular weight excluding hydrogens is 516 g/mol. The minimum atomic E-state index is -0.712. The zero-order chi connectivity index (χ0) is 24.5. The van der Waals surface area contributed by atoms with Crippen LogP contribution in [0.25, 0.3) is 0 Å². The summed E-state index contributed by atoms with van der Waals surface area (Å²) < 4.78 is 6.67. The number of para-hydroxylation sites is 1. The Morgan fingerprint density at radius 3 is 2.24 bits per heavy atom. The maximum atomic E-state index is 13.5. The first-order chi connectivity index (χ1) is 16.3. The molecule has 178 valence electrons. The maximum absolute atomic E-state index is 13.5. The number of rotatable bonds is 10. The molecule has 0 aliphatic carbocycles. The quantitative estimate of drug-likeness (QED) is 0.360. The second kappa shape index (κ2) is 12.6. The third kappa shape index (κ3) is 7.61. The van der Waals surface area contributed by atoms with Crippen LogP contribution in [0.4, 0.5) is 0 Å². The highest BCUT2D eigenvalue weighted by Gasteiger charge is 2.31. The van der Waals surface area contributed by atoms with Gasteiger partial charge in [-0.3, -0.25) is 9.59 Å². The zero-order valence-electron chi connectivity index (χ0n) is 19.2. The van der Waals surface area contributed by atoms with E-state index in [9.17, 15) is 9.59 Å². The number of nitrogens with zero attached hydrogens (tertiary/aromatic N) is 1. The summed E-state index contributed by atoms with van der Waals surface area (Å²) in [6.07, 6.45) is 0.383. The zero-order valence-corrected chi connectivity index (χ0v) is 21.6. The number of amides is 2. The predicted octanol–water partition coefficient (Wildman–Crippen LogP) is 5.65. The first-order valence-corrected chi connectivity index (χ1v) is 12.3. The van der Waals surface area contributed by atoms with Gasteiger partial charge in [-0.25, -0.2) is 0 Å². The van der Waals surface area contributed by atoms with Crippen LogP contribution in [0.2, 0.25) is 5.02 Å². The molecule has 0 spiro atoms. The molecule has 7 heteroatoms. The van der Waals surface area contributed by atoms with Crippen molar-refractivity contribution in [2.45, 2.75) is 38.9 Å². The summed E-state index contributed by atoms with van der Waals surface area (Å²) in [4.78, 5) is 28.4. The van der Waals surface area contributed by atoms with Gasteiger partial charge in [0, 0.05) is 23.5 Å². The Balaban J connectivity index is 1.91. The van der Waals surface area contributed by atoms with Gasteiger partial charge in [0.15, 0.2) is 6.61 Å². The highest BCUT2D eigenvalue weighted by atomic mass is 79.9. The Morgan fingerprint density at radius 2 is 1.59 bits per heavy atom. The van der Waals surface area contributed by atoms with Crippen molar-refractivity contribution in [1.82, 2.24) is 10.2 Å². The summed E-state index contributed by atoms with van der Waals surface area (Å²) in [6, 6.07) is 23.6. The van der Waals surface area contributed by atoms with Crippen LogP contribution in [0, 0.1) is 0 Å². The molecule has 0 unspecified atom stereocenters. The standard InChI is InChI=1S/C27H28BrClN2O3/c1-19(2)30-27(33)24(16-20-8-4-3-5-9-20)31(17-21-12-14-22(28)15-13-21)26(32)18-34-25-11-7-6-10-23(25)29/h3-15,19,24H,16-18H2,1-2H3,(H,30,33)/t24-/m0/s1. The highest BCUT2D eigenvalue weighted by Crippen LogP contribution is 2.24. The third-order valence-corrected chi connectivity index (χ3v) is 6.00. The number of carbonyl (C=O) groups excluding carboxylic acids is 2. The molecule has 0 saturated heterocycles. The second-order valence-corrected chi connectivity index (χ2v) is 9.56. The third-order valence-electron chi connectivity index (χ3n) is 5.16. The predicted molar refractivity (Wildman–Crippen MR) is 139 cm³/mol. The van der Waals surface area contributed by atoms with E-state index in [0.717, 1.165) is 15.6 Å². The van der Waals surface area contributed by atoms with E-state index in [4.69, 9.17) is 16.3 Å². The number of benzene rings is 3. The largest absolute Gasteiger partial charge is 0.482 e. The molecule has 3 rings (SSSR count). The lowest BCUT2D eigenvalue weighted by Gasteiger charge is -2.32. The molecule has 0 saturated carbocycles. The van der Waals surface area contributed by atoms with Crippen molar-refractivity contribution in [2.75, 3.05) is 6.61 Å². The van der Waals surface area contributed by atoms with Gasteiger partial charge < -0.3 is 15.0 Å². The van der Waals surface area contributed by atoms with Crippen LogP contribution in [0.3, 0.4) is 0 Å². The van der Waals surface area contributed by atoms with E-state index < -0.39 is 6.04 Å². The Kier molecular flexibility index (Phi) is 9.54. The smallest absolute Gasteiger partial charge is 0.261 e. The van der Waals surface area contributed by atoms with Crippen LogP contribution in [-0.2, 0) is 22.6 Å². The van der Waals surface area contributed by atoms with Crippen LogP contribution < -0.4 is 10.1 Å². The summed E-state index contributed by atoms with van der Waals surface area (Å²) in [5.74, 6) is -0.0860. The molecule has 0 heterocycles. The number of nitrogens with one attached hydrogen (secondary N) is 1. The summed E-state index contributed by atoms with van der Waals surface area (Å²) in [5.41, 5.74) is 1.87. The Bertz CT molecular complexity index is 1090. The normalized spacial score (nSPS) is 11.7. The first-order valence-electron chi connectivity index (χ1n) is 11.1. The summed E-state index contributed by atoms with van der Waals surface area (Å²) in [7, 11) is 0. The van der Waals surface area contributed by atoms with Gasteiger partial charge in [0.25, 0.3) is 5.91 Å². The van der Waals surface area contributed by atoms with Gasteiger partial charge in [0.05, 0.1) is 5.02 Å². The average Bonchev–Trinajstić information content (AvgIpc) is 2.82. The maximum Gasteiger partial charge on any atom is 0.261 e. The van der Waals surface area contributed by atoms with E-state index in [-0.39, 0.29) is 31.0 Å². The second-order valence-electron chi connectivity index (χ2n) is 8.24. The van der Waals surface area contributed by atoms with Crippen LogP contribution in [0.1, 0.15) is 25.0 Å². The summed E-state index contributed by atoms with van der Waals surface area (Å²) in [6.45, 7) is 3.83. The monoisotopic (exact) mass is 542 g/mol. The van der Waals surface area contributed by atoms with Gasteiger partial charge in [-0.2, -0.15) is 0 Å². The van der Waals surface area contributed by atoms with E-state index in [0.29, 0.717) is 17.2 Å². The van der Waals surface area contributed by atoms with Gasteiger partial charge >= 0.3 is 0 Å². The lowest BCUT2D eigenvalue weighted by molar-refractivity contribution is -0.143. The summed E-state index contributed by atoms with van der Waals surface area (Å²) >= 11 is 9.64. The molecule has 0 bridgehead atoms. The van der Waals surface area contributed by atoms with Crippen molar-refractivity contribution in [1.29, 1.82) is 0 Å². The van der Waals surface area contributed by atoms with Gasteiger partial charge in [0.1, 0.15) is 11.8 Å². The average molecular weight is 544 g/mol. The molecule has 0 aliphatic rings. The van der Waals surface area contributed by atoms with Crippen LogP contribution in [-0.4, -0.2) is 35.4 Å². The Hall–Kier alpha value is -2.83. The Morgan fingerprint density at radius 1 is 0.941 bits per heavy atom. The van der Waals surface area contributed by atoms with E-state index in [2.05, 4.69) is 21.2 Å². The molecule has 3 aromatic rings. The molecule has 1 N–H and O–H groups in total. The fourth-order valence-corrected chi connectivity index (χ4v) is 3.96. The van der Waals surface area contributed by atoms with Crippen molar-refractivity contribution in [3.63, 3.8) is 0 Å². The van der Waals surface area contributed by atoms with Gasteiger partial charge in [-0.15, -0.1) is 0 Å². The van der Waals surface area contributed by atoms with Crippen LogP contribution >= 0.6 is 27.5 Å². The molecule has 0 aromatic heterocycles. The fourth-order valence-electron chi connectivity index (χ4n) is 3.51. The van der Waals surface area contributed by atoms with E-state index in [1.807, 2.05) is 68.4 Å². The Labute approximate surface area is 214 Å². The minimum Gasteiger partial charge on any atom is -0.482 e. The van der Waals surface area contributed by atoms with Gasteiger partial charge in [0.2, 0.25) is 5.91 Å². The SMILES string of the molecule is CC(C)NC(=O)[C@H](Cc1ccccc1)N(Cc1ccc(Br)cc1)C(=O)COc1ccccc1Cl. The minimum absolute atomic E-state index is 0.0604. The molecule has 1 atom stereocenters. The van der Waals surface area contributed by atoms with Crippen LogP contribution in [0.5, 0.6) is 5.75 Å². The first kappa shape index (κ1) is 25.8. The van der Waals surface area contributed by atoms with E-state index in [1.165, 1.54) is 0 Å². The molecule has 0 radical (unpaired) electrons. The van der Waals surface area contributed by atoms with Gasteiger partial charge in [-0.1, -0.05) is 82.1 Å².